The van der Waals surface area contributed by atoms with Crippen molar-refractivity contribution in [2.24, 2.45) is 0 Å². The first-order valence-corrected chi connectivity index (χ1v) is 13.1. The summed E-state index contributed by atoms with van der Waals surface area (Å²) in [7, 11) is -14.9. The maximum Gasteiger partial charge on any atom is 1.00 e. The third kappa shape index (κ3) is 6.55. The number of hydrogen-bond donors (Lipinski definition) is 1. The first-order valence-electron chi connectivity index (χ1n) is 8.89. The minimum atomic E-state index is -5.07. The second-order valence-electron chi connectivity index (χ2n) is 7.00. The van der Waals surface area contributed by atoms with Gasteiger partial charge < -0.3 is 14.2 Å². The fourth-order valence-electron chi connectivity index (χ4n) is 3.66. The van der Waals surface area contributed by atoms with Gasteiger partial charge in [-0.25, -0.2) is 16.8 Å². The van der Waals surface area contributed by atoms with E-state index in [1.165, 1.54) is 24.3 Å². The quantitative estimate of drug-likeness (QED) is 0.180. The topological polar surface area (TPSA) is 192 Å². The summed E-state index contributed by atoms with van der Waals surface area (Å²) in [6.45, 7) is 0. The summed E-state index contributed by atoms with van der Waals surface area (Å²) in [4.78, 5) is -2.34. The van der Waals surface area contributed by atoms with Crippen LogP contribution in [0.3, 0.4) is 0 Å². The van der Waals surface area contributed by atoms with Gasteiger partial charge in [-0.2, -0.15) is 8.42 Å². The van der Waals surface area contributed by atoms with Crippen LogP contribution < -0.4 is 93.8 Å². The van der Waals surface area contributed by atoms with Crippen LogP contribution in [0.2, 0.25) is 0 Å². The summed E-state index contributed by atoms with van der Waals surface area (Å²) in [5, 5.41) is 13.1. The Balaban J connectivity index is 0.00000216. The molecule has 0 aromatic heterocycles. The summed E-state index contributed by atoms with van der Waals surface area (Å²) < 4.78 is 103. The zero-order chi connectivity index (χ0) is 24.3. The van der Waals surface area contributed by atoms with E-state index < -0.39 is 50.8 Å². The van der Waals surface area contributed by atoms with Crippen LogP contribution in [-0.2, 0) is 30.4 Å². The van der Waals surface area contributed by atoms with Crippen LogP contribution in [-0.4, -0.2) is 38.9 Å². The Labute approximate surface area is 273 Å². The zero-order valence-electron chi connectivity index (χ0n) is 19.1. The second kappa shape index (κ2) is 12.0. The first-order chi connectivity index (χ1) is 15.2. The number of fused-ring (bicyclic) bond motifs is 2. The Morgan fingerprint density at radius 3 is 1.75 bits per heavy atom. The van der Waals surface area contributed by atoms with Gasteiger partial charge in [-0.1, -0.05) is 42.1 Å². The van der Waals surface area contributed by atoms with E-state index in [9.17, 15) is 44.0 Å². The Morgan fingerprint density at radius 2 is 1.22 bits per heavy atom. The van der Waals surface area contributed by atoms with E-state index >= 15 is 0 Å². The standard InChI is InChI=1S/C20H14O10S3.3Na/c21-20-18(33(28,29)30)10-11-9-12(31(22,23)24)5-6-13(11)19(20)16-7-8-17(32(25,26)27)15-4-2-1-3-14(15)16;;;/h1-10,21H,(H,22,23,24)(H,25,26,27)(H,28,29,30);;;/q;3*+1/p-3. The zero-order valence-corrected chi connectivity index (χ0v) is 27.6. The molecule has 0 spiro atoms. The third-order valence-electron chi connectivity index (χ3n) is 5.02. The molecule has 16 heteroatoms. The SMILES string of the molecule is O=S(=O)([O-])c1ccc2c(-c3ccc(S(=O)(=O)[O-])c4ccccc34)c([O-])c(S(=O)(=O)O)cc2c1.[Na+].[Na+].[Na+]. The molecule has 4 aromatic carbocycles. The minimum Gasteiger partial charge on any atom is -0.871 e. The maximum atomic E-state index is 13.1. The molecule has 0 radical (unpaired) electrons. The Morgan fingerprint density at radius 1 is 0.639 bits per heavy atom. The van der Waals surface area contributed by atoms with Crippen molar-refractivity contribution in [1.82, 2.24) is 0 Å². The van der Waals surface area contributed by atoms with Gasteiger partial charge in [-0.05, 0) is 56.9 Å². The van der Waals surface area contributed by atoms with Crippen molar-refractivity contribution >= 4 is 51.9 Å². The second-order valence-corrected chi connectivity index (χ2v) is 11.1. The minimum absolute atomic E-state index is 0. The van der Waals surface area contributed by atoms with Gasteiger partial charge in [0.05, 0.1) is 14.7 Å². The molecule has 4 aromatic rings. The predicted octanol–water partition coefficient (Wildman–Crippen LogP) is -7.20. The van der Waals surface area contributed by atoms with Crippen molar-refractivity contribution in [1.29, 1.82) is 0 Å². The summed E-state index contributed by atoms with van der Waals surface area (Å²) in [5.74, 6) is -1.15. The van der Waals surface area contributed by atoms with Gasteiger partial charge in [-0.3, -0.25) is 4.55 Å². The Bertz CT molecular complexity index is 1800. The fraction of sp³-hybridized carbons (Fsp3) is 0. The van der Waals surface area contributed by atoms with E-state index in [-0.39, 0.29) is 121 Å². The summed E-state index contributed by atoms with van der Waals surface area (Å²) >= 11 is 0. The number of hydrogen-bond acceptors (Lipinski definition) is 9. The molecule has 0 aliphatic rings. The van der Waals surface area contributed by atoms with Crippen LogP contribution in [0.15, 0.2) is 75.4 Å². The van der Waals surface area contributed by atoms with E-state index in [1.807, 2.05) is 0 Å². The molecule has 0 aliphatic carbocycles. The van der Waals surface area contributed by atoms with Crippen LogP contribution in [0, 0.1) is 0 Å². The monoisotopic (exact) mass is 576 g/mol. The van der Waals surface area contributed by atoms with Gasteiger partial charge in [0.2, 0.25) is 0 Å². The molecule has 0 aliphatic heterocycles. The smallest absolute Gasteiger partial charge is 0.871 e. The predicted molar refractivity (Wildman–Crippen MR) is 112 cm³/mol. The largest absolute Gasteiger partial charge is 1.00 e. The summed E-state index contributed by atoms with van der Waals surface area (Å²) in [6.07, 6.45) is 0. The molecule has 1 N–H and O–H groups in total. The normalized spacial score (nSPS) is 11.9. The van der Waals surface area contributed by atoms with Crippen LogP contribution in [0.4, 0.5) is 0 Å². The molecule has 0 bridgehead atoms. The van der Waals surface area contributed by atoms with E-state index in [4.69, 9.17) is 0 Å². The molecule has 0 amide bonds. The molecule has 36 heavy (non-hydrogen) atoms. The van der Waals surface area contributed by atoms with Crippen molar-refractivity contribution in [2.45, 2.75) is 14.7 Å². The molecular formula is C20H11Na3O10S3. The van der Waals surface area contributed by atoms with E-state index in [2.05, 4.69) is 0 Å². The van der Waals surface area contributed by atoms with Crippen molar-refractivity contribution < 1.29 is 133 Å². The average Bonchev–Trinajstić information content (AvgIpc) is 2.70. The third-order valence-corrected chi connectivity index (χ3v) is 7.60. The molecule has 0 unspecified atom stereocenters. The van der Waals surface area contributed by atoms with Crippen LogP contribution >= 0.6 is 0 Å². The summed E-state index contributed by atoms with van der Waals surface area (Å²) in [5.41, 5.74) is -0.280. The maximum absolute atomic E-state index is 13.1. The fourth-order valence-corrected chi connectivity index (χ4v) is 5.46. The van der Waals surface area contributed by atoms with Crippen molar-refractivity contribution in [3.8, 4) is 16.9 Å². The van der Waals surface area contributed by atoms with Crippen LogP contribution in [0.5, 0.6) is 5.75 Å². The van der Waals surface area contributed by atoms with Gasteiger partial charge in [0.25, 0.3) is 10.1 Å². The molecule has 0 fully saturated rings. The van der Waals surface area contributed by atoms with E-state index in [0.29, 0.717) is 0 Å². The average molecular weight is 576 g/mol. The van der Waals surface area contributed by atoms with Gasteiger partial charge in [0.1, 0.15) is 20.2 Å². The van der Waals surface area contributed by atoms with Crippen LogP contribution in [0.25, 0.3) is 32.7 Å². The van der Waals surface area contributed by atoms with Gasteiger partial charge in [-0.15, -0.1) is 0 Å². The number of rotatable bonds is 4. The summed E-state index contributed by atoms with van der Waals surface area (Å²) in [6, 6.07) is 11.4. The molecule has 0 heterocycles. The Hall–Kier alpha value is -0.0700. The van der Waals surface area contributed by atoms with Crippen LogP contribution in [0.1, 0.15) is 0 Å². The van der Waals surface area contributed by atoms with Crippen molar-refractivity contribution in [2.75, 3.05) is 0 Å². The molecular weight excluding hydrogens is 565 g/mol. The molecule has 0 saturated carbocycles. The molecule has 172 valence electrons. The number of benzene rings is 4. The molecule has 10 nitrogen and oxygen atoms in total. The molecule has 0 saturated heterocycles. The first kappa shape index (κ1) is 34.0. The molecule has 4 rings (SSSR count). The van der Waals surface area contributed by atoms with Gasteiger partial charge in [0, 0.05) is 0 Å². The van der Waals surface area contributed by atoms with E-state index in [0.717, 1.165) is 36.4 Å². The van der Waals surface area contributed by atoms with Crippen molar-refractivity contribution in [3.63, 3.8) is 0 Å². The van der Waals surface area contributed by atoms with Gasteiger partial charge >= 0.3 is 88.7 Å². The van der Waals surface area contributed by atoms with Gasteiger partial charge in [0.15, 0.2) is 0 Å². The van der Waals surface area contributed by atoms with Crippen molar-refractivity contribution in [3.05, 3.63) is 60.7 Å². The Kier molecular flexibility index (Phi) is 11.3. The van der Waals surface area contributed by atoms with E-state index in [1.54, 1.807) is 0 Å². The molecule has 0 atom stereocenters.